The molecule has 76 valence electrons. The van der Waals surface area contributed by atoms with Gasteiger partial charge < -0.3 is 5.11 Å². The molecule has 1 N–H and O–H groups in total. The van der Waals surface area contributed by atoms with Crippen LogP contribution in [0.2, 0.25) is 0 Å². The summed E-state index contributed by atoms with van der Waals surface area (Å²) in [6, 6.07) is 7.95. The van der Waals surface area contributed by atoms with Crippen molar-refractivity contribution in [3.05, 3.63) is 29.8 Å². The van der Waals surface area contributed by atoms with E-state index in [0.29, 0.717) is 5.92 Å². The zero-order valence-corrected chi connectivity index (χ0v) is 9.17. The second-order valence-corrected chi connectivity index (χ2v) is 4.39. The fourth-order valence-corrected chi connectivity index (χ4v) is 2.15. The predicted octanol–water partition coefficient (Wildman–Crippen LogP) is 2.99. The monoisotopic (exact) mass is 210 g/mol. The Kier molecular flexibility index (Phi) is 4.01. The third kappa shape index (κ3) is 3.07. The van der Waals surface area contributed by atoms with Gasteiger partial charge in [0.1, 0.15) is 0 Å². The van der Waals surface area contributed by atoms with E-state index in [-0.39, 0.29) is 5.75 Å². The molecule has 0 aliphatic carbocycles. The molecule has 1 aromatic carbocycles. The molecule has 0 aromatic heterocycles. The lowest BCUT2D eigenvalue weighted by Gasteiger charge is -2.10. The van der Waals surface area contributed by atoms with Gasteiger partial charge in [0.2, 0.25) is 0 Å². The highest BCUT2D eigenvalue weighted by atomic mass is 32.2. The van der Waals surface area contributed by atoms with Crippen LogP contribution in [0.3, 0.4) is 0 Å². The van der Waals surface area contributed by atoms with Crippen LogP contribution in [0.4, 0.5) is 0 Å². The van der Waals surface area contributed by atoms with E-state index < -0.39 is 5.97 Å². The number of carboxylic acid groups (broad SMARTS) is 1. The van der Waals surface area contributed by atoms with Gasteiger partial charge >= 0.3 is 5.97 Å². The number of rotatable bonds is 4. The smallest absolute Gasteiger partial charge is 0.313 e. The summed E-state index contributed by atoms with van der Waals surface area (Å²) in [6.45, 7) is 4.22. The van der Waals surface area contributed by atoms with E-state index in [0.717, 1.165) is 4.90 Å². The Morgan fingerprint density at radius 1 is 1.43 bits per heavy atom. The fourth-order valence-electron chi connectivity index (χ4n) is 1.23. The van der Waals surface area contributed by atoms with Crippen LogP contribution in [0, 0.1) is 0 Å². The zero-order chi connectivity index (χ0) is 10.6. The first-order chi connectivity index (χ1) is 6.61. The minimum atomic E-state index is -0.770. The normalized spacial score (nSPS) is 10.5. The highest BCUT2D eigenvalue weighted by Crippen LogP contribution is 2.27. The average Bonchev–Trinajstić information content (AvgIpc) is 2.15. The van der Waals surface area contributed by atoms with Crippen molar-refractivity contribution < 1.29 is 9.90 Å². The van der Waals surface area contributed by atoms with Gasteiger partial charge in [-0.2, -0.15) is 0 Å². The lowest BCUT2D eigenvalue weighted by molar-refractivity contribution is -0.133. The summed E-state index contributed by atoms with van der Waals surface area (Å²) in [5.41, 5.74) is 1.22. The molecule has 3 heteroatoms. The van der Waals surface area contributed by atoms with E-state index in [4.69, 9.17) is 5.11 Å². The highest BCUT2D eigenvalue weighted by Gasteiger charge is 2.07. The highest BCUT2D eigenvalue weighted by molar-refractivity contribution is 8.00. The summed E-state index contributed by atoms with van der Waals surface area (Å²) in [4.78, 5) is 11.5. The number of hydrogen-bond donors (Lipinski definition) is 1. The summed E-state index contributed by atoms with van der Waals surface area (Å²) in [5, 5.41) is 8.58. The van der Waals surface area contributed by atoms with Crippen LogP contribution in [0.1, 0.15) is 25.3 Å². The molecule has 1 aromatic rings. The van der Waals surface area contributed by atoms with E-state index >= 15 is 0 Å². The van der Waals surface area contributed by atoms with Crippen molar-refractivity contribution in [2.75, 3.05) is 5.75 Å². The minimum absolute atomic E-state index is 0.129. The molecule has 0 radical (unpaired) electrons. The van der Waals surface area contributed by atoms with Gasteiger partial charge in [0, 0.05) is 4.90 Å². The van der Waals surface area contributed by atoms with Crippen molar-refractivity contribution in [2.24, 2.45) is 0 Å². The average molecular weight is 210 g/mol. The van der Waals surface area contributed by atoms with Crippen molar-refractivity contribution in [3.63, 3.8) is 0 Å². The van der Waals surface area contributed by atoms with Crippen LogP contribution < -0.4 is 0 Å². The second kappa shape index (κ2) is 5.05. The van der Waals surface area contributed by atoms with Crippen molar-refractivity contribution in [1.82, 2.24) is 0 Å². The van der Waals surface area contributed by atoms with Crippen molar-refractivity contribution in [3.8, 4) is 0 Å². The van der Waals surface area contributed by atoms with Gasteiger partial charge in [-0.05, 0) is 17.5 Å². The molecule has 0 aliphatic rings. The largest absolute Gasteiger partial charge is 0.481 e. The summed E-state index contributed by atoms with van der Waals surface area (Å²) >= 11 is 1.38. The Hall–Kier alpha value is -0.960. The van der Waals surface area contributed by atoms with E-state index in [1.54, 1.807) is 0 Å². The van der Waals surface area contributed by atoms with Gasteiger partial charge in [0.05, 0.1) is 5.75 Å². The van der Waals surface area contributed by atoms with Gasteiger partial charge in [-0.25, -0.2) is 0 Å². The van der Waals surface area contributed by atoms with Crippen LogP contribution in [0.15, 0.2) is 29.2 Å². The van der Waals surface area contributed by atoms with Gasteiger partial charge in [-0.15, -0.1) is 11.8 Å². The second-order valence-electron chi connectivity index (χ2n) is 3.37. The molecule has 0 bridgehead atoms. The number of hydrogen-bond acceptors (Lipinski definition) is 2. The third-order valence-electron chi connectivity index (χ3n) is 1.89. The summed E-state index contributed by atoms with van der Waals surface area (Å²) in [6.07, 6.45) is 0. The van der Waals surface area contributed by atoms with Crippen LogP contribution in [0.5, 0.6) is 0 Å². The first-order valence-corrected chi connectivity index (χ1v) is 5.53. The van der Waals surface area contributed by atoms with E-state index in [1.165, 1.54) is 17.3 Å². The number of carbonyl (C=O) groups is 1. The fraction of sp³-hybridized carbons (Fsp3) is 0.364. The van der Waals surface area contributed by atoms with Crippen molar-refractivity contribution in [1.29, 1.82) is 0 Å². The Morgan fingerprint density at radius 2 is 2.07 bits per heavy atom. The first kappa shape index (κ1) is 11.1. The zero-order valence-electron chi connectivity index (χ0n) is 8.36. The Balaban J connectivity index is 2.79. The number of thioether (sulfide) groups is 1. The van der Waals surface area contributed by atoms with Crippen LogP contribution in [0.25, 0.3) is 0 Å². The van der Waals surface area contributed by atoms with Crippen LogP contribution in [-0.2, 0) is 4.79 Å². The molecule has 0 saturated carbocycles. The molecule has 0 atom stereocenters. The minimum Gasteiger partial charge on any atom is -0.481 e. The SMILES string of the molecule is CC(C)c1ccccc1SCC(=O)O. The topological polar surface area (TPSA) is 37.3 Å². The Bertz CT molecular complexity index is 321. The molecular formula is C11H14O2S. The van der Waals surface area contributed by atoms with Gasteiger partial charge in [0.25, 0.3) is 0 Å². The van der Waals surface area contributed by atoms with Crippen molar-refractivity contribution >= 4 is 17.7 Å². The maximum absolute atomic E-state index is 10.4. The molecule has 1 rings (SSSR count). The van der Waals surface area contributed by atoms with E-state index in [1.807, 2.05) is 18.2 Å². The molecule has 0 amide bonds. The first-order valence-electron chi connectivity index (χ1n) is 4.54. The number of benzene rings is 1. The van der Waals surface area contributed by atoms with E-state index in [9.17, 15) is 4.79 Å². The molecule has 0 fully saturated rings. The molecule has 0 spiro atoms. The molecule has 0 heterocycles. The lowest BCUT2D eigenvalue weighted by Crippen LogP contribution is -1.99. The van der Waals surface area contributed by atoms with Crippen molar-refractivity contribution in [2.45, 2.75) is 24.7 Å². The van der Waals surface area contributed by atoms with Gasteiger partial charge in [-0.3, -0.25) is 4.79 Å². The summed E-state index contributed by atoms with van der Waals surface area (Å²) < 4.78 is 0. The maximum Gasteiger partial charge on any atom is 0.313 e. The lowest BCUT2D eigenvalue weighted by atomic mass is 10.0. The van der Waals surface area contributed by atoms with E-state index in [2.05, 4.69) is 19.9 Å². The maximum atomic E-state index is 10.4. The van der Waals surface area contributed by atoms with Gasteiger partial charge in [0.15, 0.2) is 0 Å². The van der Waals surface area contributed by atoms with Gasteiger partial charge in [-0.1, -0.05) is 32.0 Å². The number of carboxylic acids is 1. The molecule has 0 unspecified atom stereocenters. The predicted molar refractivity (Wildman–Crippen MR) is 58.9 cm³/mol. The third-order valence-corrected chi connectivity index (χ3v) is 2.97. The quantitative estimate of drug-likeness (QED) is 0.776. The standard InChI is InChI=1S/C11H14O2S/c1-8(2)9-5-3-4-6-10(9)14-7-11(12)13/h3-6,8H,7H2,1-2H3,(H,12,13). The molecular weight excluding hydrogens is 196 g/mol. The molecule has 14 heavy (non-hydrogen) atoms. The van der Waals surface area contributed by atoms with Crippen LogP contribution in [-0.4, -0.2) is 16.8 Å². The molecule has 2 nitrogen and oxygen atoms in total. The number of aliphatic carboxylic acids is 1. The summed E-state index contributed by atoms with van der Waals surface area (Å²) in [7, 11) is 0. The Morgan fingerprint density at radius 3 is 2.64 bits per heavy atom. The summed E-state index contributed by atoms with van der Waals surface area (Å²) in [5.74, 6) is -0.204. The molecule has 0 saturated heterocycles. The molecule has 0 aliphatic heterocycles. The van der Waals surface area contributed by atoms with Crippen LogP contribution >= 0.6 is 11.8 Å². The Labute approximate surface area is 88.3 Å².